The molecule has 1 aromatic heterocycles. The molecule has 10 heteroatoms. The molecule has 4 rings (SSSR count). The minimum Gasteiger partial charge on any atom is -0.486 e. The van der Waals surface area contributed by atoms with Crippen LogP contribution >= 0.6 is 11.6 Å². The predicted octanol–water partition coefficient (Wildman–Crippen LogP) is 2.64. The van der Waals surface area contributed by atoms with Crippen LogP contribution in [0.5, 0.6) is 11.5 Å². The normalized spacial score (nSPS) is 13.5. The molecule has 0 radical (unpaired) electrons. The Balaban J connectivity index is 1.47. The smallest absolute Gasteiger partial charge is 0.242 e. The van der Waals surface area contributed by atoms with Gasteiger partial charge >= 0.3 is 0 Å². The van der Waals surface area contributed by atoms with Gasteiger partial charge in [-0.2, -0.15) is 4.98 Å². The van der Waals surface area contributed by atoms with Crippen LogP contribution in [0.1, 0.15) is 5.89 Å². The summed E-state index contributed by atoms with van der Waals surface area (Å²) in [7, 11) is -3.78. The van der Waals surface area contributed by atoms with Crippen LogP contribution in [0.4, 0.5) is 0 Å². The van der Waals surface area contributed by atoms with Gasteiger partial charge < -0.3 is 14.0 Å². The first-order valence-electron chi connectivity index (χ1n) is 7.99. The highest BCUT2D eigenvalue weighted by Gasteiger charge is 2.20. The molecule has 3 aromatic rings. The van der Waals surface area contributed by atoms with Crippen LogP contribution in [0.2, 0.25) is 5.02 Å². The van der Waals surface area contributed by atoms with Crippen LogP contribution in [0.25, 0.3) is 11.4 Å². The van der Waals surface area contributed by atoms with Crippen molar-refractivity contribution in [3.8, 4) is 22.9 Å². The SMILES string of the molecule is O=S(=O)(NCc1nc(-c2ccc(Cl)cc2)no1)c1ccc2c(c1)OCCO2. The molecule has 0 amide bonds. The maximum atomic E-state index is 12.5. The van der Waals surface area contributed by atoms with Crippen molar-refractivity contribution in [1.29, 1.82) is 0 Å². The summed E-state index contributed by atoms with van der Waals surface area (Å²) in [5.41, 5.74) is 0.712. The Morgan fingerprint density at radius 2 is 1.78 bits per heavy atom. The maximum Gasteiger partial charge on any atom is 0.242 e. The van der Waals surface area contributed by atoms with Gasteiger partial charge in [-0.3, -0.25) is 0 Å². The van der Waals surface area contributed by atoms with Gasteiger partial charge in [0.1, 0.15) is 13.2 Å². The first kappa shape index (κ1) is 17.8. The second-order valence-electron chi connectivity index (χ2n) is 5.65. The summed E-state index contributed by atoms with van der Waals surface area (Å²) < 4.78 is 43.3. The number of hydrogen-bond donors (Lipinski definition) is 1. The molecular formula is C17H14ClN3O5S. The van der Waals surface area contributed by atoms with Gasteiger partial charge in [0.05, 0.1) is 11.4 Å². The van der Waals surface area contributed by atoms with Crippen LogP contribution in [0.3, 0.4) is 0 Å². The Bertz CT molecular complexity index is 1070. The number of sulfonamides is 1. The first-order valence-corrected chi connectivity index (χ1v) is 9.85. The summed E-state index contributed by atoms with van der Waals surface area (Å²) in [5.74, 6) is 1.40. The Kier molecular flexibility index (Phi) is 4.73. The number of ether oxygens (including phenoxy) is 2. The standard InChI is InChI=1S/C17H14ClN3O5S/c18-12-3-1-11(2-4-12)17-20-16(26-21-17)10-19-27(22,23)13-5-6-14-15(9-13)25-8-7-24-14/h1-6,9,19H,7-8,10H2. The van der Waals surface area contributed by atoms with Crippen LogP contribution in [0.15, 0.2) is 51.9 Å². The number of nitrogens with one attached hydrogen (secondary N) is 1. The van der Waals surface area contributed by atoms with Gasteiger partial charge in [-0.25, -0.2) is 13.1 Å². The van der Waals surface area contributed by atoms with E-state index in [0.29, 0.717) is 41.1 Å². The van der Waals surface area contributed by atoms with Gasteiger partial charge in [0, 0.05) is 16.7 Å². The predicted molar refractivity (Wildman–Crippen MR) is 96.2 cm³/mol. The highest BCUT2D eigenvalue weighted by Crippen LogP contribution is 2.32. The lowest BCUT2D eigenvalue weighted by Crippen LogP contribution is -2.24. The molecule has 27 heavy (non-hydrogen) atoms. The van der Waals surface area contributed by atoms with E-state index in [1.807, 2.05) is 0 Å². The quantitative estimate of drug-likeness (QED) is 0.693. The summed E-state index contributed by atoms with van der Waals surface area (Å²) in [6.07, 6.45) is 0. The number of hydrogen-bond acceptors (Lipinski definition) is 7. The van der Waals surface area contributed by atoms with E-state index in [2.05, 4.69) is 14.9 Å². The molecule has 0 spiro atoms. The van der Waals surface area contributed by atoms with E-state index in [-0.39, 0.29) is 17.3 Å². The first-order chi connectivity index (χ1) is 13.0. The molecule has 1 aliphatic rings. The van der Waals surface area contributed by atoms with Crippen molar-refractivity contribution >= 4 is 21.6 Å². The summed E-state index contributed by atoms with van der Waals surface area (Å²) in [6.45, 7) is 0.668. The zero-order valence-corrected chi connectivity index (χ0v) is 15.5. The Labute approximate surface area is 160 Å². The number of fused-ring (bicyclic) bond motifs is 1. The Morgan fingerprint density at radius 1 is 1.04 bits per heavy atom. The summed E-state index contributed by atoms with van der Waals surface area (Å²) >= 11 is 5.85. The van der Waals surface area contributed by atoms with Crippen LogP contribution in [0, 0.1) is 0 Å². The molecule has 0 saturated heterocycles. The fraction of sp³-hybridized carbons (Fsp3) is 0.176. The van der Waals surface area contributed by atoms with E-state index in [4.69, 9.17) is 25.6 Å². The molecule has 1 aliphatic heterocycles. The lowest BCUT2D eigenvalue weighted by molar-refractivity contribution is 0.171. The van der Waals surface area contributed by atoms with Crippen molar-refractivity contribution in [3.63, 3.8) is 0 Å². The molecule has 2 aromatic carbocycles. The number of nitrogens with zero attached hydrogens (tertiary/aromatic N) is 2. The molecule has 0 atom stereocenters. The number of halogens is 1. The molecule has 0 fully saturated rings. The lowest BCUT2D eigenvalue weighted by atomic mass is 10.2. The Morgan fingerprint density at radius 3 is 2.56 bits per heavy atom. The second-order valence-corrected chi connectivity index (χ2v) is 7.85. The van der Waals surface area contributed by atoms with Crippen molar-refractivity contribution in [2.45, 2.75) is 11.4 Å². The number of rotatable bonds is 5. The van der Waals surface area contributed by atoms with Gasteiger partial charge in [-0.05, 0) is 36.4 Å². The molecule has 0 saturated carbocycles. The van der Waals surface area contributed by atoms with Crippen molar-refractivity contribution in [1.82, 2.24) is 14.9 Å². The summed E-state index contributed by atoms with van der Waals surface area (Å²) in [4.78, 5) is 4.24. The lowest BCUT2D eigenvalue weighted by Gasteiger charge is -2.18. The van der Waals surface area contributed by atoms with Crippen molar-refractivity contribution < 1.29 is 22.4 Å². The van der Waals surface area contributed by atoms with Crippen molar-refractivity contribution in [2.24, 2.45) is 0 Å². The minimum absolute atomic E-state index is 0.0594. The fourth-order valence-corrected chi connectivity index (χ4v) is 3.59. The third-order valence-corrected chi connectivity index (χ3v) is 5.46. The van der Waals surface area contributed by atoms with Crippen LogP contribution in [-0.2, 0) is 16.6 Å². The fourth-order valence-electron chi connectivity index (χ4n) is 2.47. The minimum atomic E-state index is -3.78. The van der Waals surface area contributed by atoms with E-state index < -0.39 is 10.0 Å². The largest absolute Gasteiger partial charge is 0.486 e. The molecule has 2 heterocycles. The molecule has 140 valence electrons. The third-order valence-electron chi connectivity index (χ3n) is 3.81. The van der Waals surface area contributed by atoms with Gasteiger partial charge in [0.15, 0.2) is 11.5 Å². The summed E-state index contributed by atoms with van der Waals surface area (Å²) in [6, 6.07) is 11.3. The van der Waals surface area contributed by atoms with Crippen molar-refractivity contribution in [2.75, 3.05) is 13.2 Å². The number of aromatic nitrogens is 2. The van der Waals surface area contributed by atoms with Crippen LogP contribution < -0.4 is 14.2 Å². The molecule has 8 nitrogen and oxygen atoms in total. The highest BCUT2D eigenvalue weighted by atomic mass is 35.5. The maximum absolute atomic E-state index is 12.5. The van der Waals surface area contributed by atoms with Gasteiger partial charge in [-0.15, -0.1) is 0 Å². The van der Waals surface area contributed by atoms with Gasteiger partial charge in [-0.1, -0.05) is 16.8 Å². The highest BCUT2D eigenvalue weighted by molar-refractivity contribution is 7.89. The molecule has 1 N–H and O–H groups in total. The third kappa shape index (κ3) is 3.90. The Hall–Kier alpha value is -2.62. The summed E-state index contributed by atoms with van der Waals surface area (Å²) in [5, 5.41) is 4.44. The monoisotopic (exact) mass is 407 g/mol. The number of benzene rings is 2. The van der Waals surface area contributed by atoms with Gasteiger partial charge in [0.25, 0.3) is 0 Å². The average Bonchev–Trinajstić information content (AvgIpc) is 3.16. The zero-order valence-electron chi connectivity index (χ0n) is 13.9. The van der Waals surface area contributed by atoms with Crippen molar-refractivity contribution in [3.05, 3.63) is 53.4 Å². The topological polar surface area (TPSA) is 104 Å². The van der Waals surface area contributed by atoms with E-state index in [1.165, 1.54) is 12.1 Å². The van der Waals surface area contributed by atoms with Crippen LogP contribution in [-0.4, -0.2) is 31.8 Å². The molecule has 0 unspecified atom stereocenters. The zero-order chi connectivity index (χ0) is 18.9. The molecular weight excluding hydrogens is 394 g/mol. The second kappa shape index (κ2) is 7.18. The van der Waals surface area contributed by atoms with E-state index in [0.717, 1.165) is 0 Å². The van der Waals surface area contributed by atoms with E-state index >= 15 is 0 Å². The molecule has 0 aliphatic carbocycles. The van der Waals surface area contributed by atoms with E-state index in [9.17, 15) is 8.42 Å². The van der Waals surface area contributed by atoms with E-state index in [1.54, 1.807) is 30.3 Å². The average molecular weight is 408 g/mol. The molecule has 0 bridgehead atoms. The van der Waals surface area contributed by atoms with Gasteiger partial charge in [0.2, 0.25) is 21.7 Å².